The van der Waals surface area contributed by atoms with Gasteiger partial charge in [-0.2, -0.15) is 0 Å². The van der Waals surface area contributed by atoms with Crippen LogP contribution in [0.15, 0.2) is 22.5 Å². The number of aromatic nitrogens is 1. The third kappa shape index (κ3) is 5.32. The number of nitrogens with zero attached hydrogens (tertiary/aromatic N) is 2. The predicted octanol–water partition coefficient (Wildman–Crippen LogP) is 3.59. The number of thiophene rings is 1. The van der Waals surface area contributed by atoms with E-state index in [2.05, 4.69) is 58.9 Å². The summed E-state index contributed by atoms with van der Waals surface area (Å²) in [7, 11) is 1.81. The minimum absolute atomic E-state index is 0.488. The standard InChI is InChI=1S/C17H26N4S2/c1-5-14-13(3)23-16(21-14)8-9-19-17(18-4)20-11-12(2)15-7-6-10-22-15/h6-7,10,12H,5,8-9,11H2,1-4H3,(H2,18,19,20). The molecule has 1 unspecified atom stereocenters. The fourth-order valence-corrected chi connectivity index (χ4v) is 4.16. The molecule has 4 nitrogen and oxygen atoms in total. The van der Waals surface area contributed by atoms with Crippen LogP contribution in [0.1, 0.15) is 40.2 Å². The molecule has 126 valence electrons. The van der Waals surface area contributed by atoms with E-state index in [1.165, 1.54) is 20.5 Å². The fourth-order valence-electron chi connectivity index (χ4n) is 2.35. The molecular weight excluding hydrogens is 324 g/mol. The summed E-state index contributed by atoms with van der Waals surface area (Å²) in [6.07, 6.45) is 1.95. The first-order chi connectivity index (χ1) is 11.1. The molecule has 2 aromatic rings. The molecule has 0 spiro atoms. The highest BCUT2D eigenvalue weighted by atomic mass is 32.1. The Kier molecular flexibility index (Phi) is 7.05. The van der Waals surface area contributed by atoms with Crippen LogP contribution in [-0.2, 0) is 12.8 Å². The zero-order valence-electron chi connectivity index (χ0n) is 14.3. The molecule has 0 radical (unpaired) electrons. The van der Waals surface area contributed by atoms with Crippen molar-refractivity contribution < 1.29 is 0 Å². The Bertz CT molecular complexity index is 617. The highest BCUT2D eigenvalue weighted by Gasteiger charge is 2.08. The third-order valence-corrected chi connectivity index (χ3v) is 5.91. The van der Waals surface area contributed by atoms with Gasteiger partial charge in [0.05, 0.1) is 10.7 Å². The van der Waals surface area contributed by atoms with Crippen molar-refractivity contribution >= 4 is 28.6 Å². The lowest BCUT2D eigenvalue weighted by Gasteiger charge is -2.14. The fraction of sp³-hybridized carbons (Fsp3) is 0.529. The van der Waals surface area contributed by atoms with Crippen LogP contribution in [0.5, 0.6) is 0 Å². The number of hydrogen-bond donors (Lipinski definition) is 2. The van der Waals surface area contributed by atoms with Gasteiger partial charge in [0.15, 0.2) is 5.96 Å². The van der Waals surface area contributed by atoms with Gasteiger partial charge in [-0.25, -0.2) is 4.98 Å². The zero-order chi connectivity index (χ0) is 16.7. The van der Waals surface area contributed by atoms with Crippen LogP contribution in [0.25, 0.3) is 0 Å². The van der Waals surface area contributed by atoms with Crippen LogP contribution in [0.2, 0.25) is 0 Å². The van der Waals surface area contributed by atoms with Crippen LogP contribution in [-0.4, -0.2) is 31.1 Å². The predicted molar refractivity (Wildman–Crippen MR) is 102 cm³/mol. The van der Waals surface area contributed by atoms with Crippen molar-refractivity contribution in [3.63, 3.8) is 0 Å². The van der Waals surface area contributed by atoms with Crippen LogP contribution in [0.4, 0.5) is 0 Å². The van der Waals surface area contributed by atoms with Gasteiger partial charge in [-0.05, 0) is 24.8 Å². The summed E-state index contributed by atoms with van der Waals surface area (Å²) in [5, 5.41) is 10.1. The maximum absolute atomic E-state index is 4.68. The molecule has 1 atom stereocenters. The molecule has 0 saturated heterocycles. The van der Waals surface area contributed by atoms with Gasteiger partial charge < -0.3 is 10.6 Å². The topological polar surface area (TPSA) is 49.3 Å². The summed E-state index contributed by atoms with van der Waals surface area (Å²) < 4.78 is 0. The van der Waals surface area contributed by atoms with Gasteiger partial charge in [0.25, 0.3) is 0 Å². The quantitative estimate of drug-likeness (QED) is 0.593. The van der Waals surface area contributed by atoms with Crippen molar-refractivity contribution in [1.82, 2.24) is 15.6 Å². The SMILES string of the molecule is CCc1nc(CCNC(=NC)NCC(C)c2cccs2)sc1C. The smallest absolute Gasteiger partial charge is 0.191 e. The molecule has 2 heterocycles. The molecule has 0 bridgehead atoms. The molecule has 23 heavy (non-hydrogen) atoms. The number of thiazole rings is 1. The molecular formula is C17H26N4S2. The average Bonchev–Trinajstić information content (AvgIpc) is 3.20. The molecule has 2 aromatic heterocycles. The van der Waals surface area contributed by atoms with Crippen molar-refractivity contribution in [3.05, 3.63) is 38.0 Å². The van der Waals surface area contributed by atoms with Gasteiger partial charge in [-0.3, -0.25) is 4.99 Å². The number of guanidine groups is 1. The lowest BCUT2D eigenvalue weighted by Crippen LogP contribution is -2.39. The Morgan fingerprint density at radius 2 is 2.22 bits per heavy atom. The monoisotopic (exact) mass is 350 g/mol. The summed E-state index contributed by atoms with van der Waals surface area (Å²) >= 11 is 3.61. The van der Waals surface area contributed by atoms with Crippen molar-refractivity contribution in [2.24, 2.45) is 4.99 Å². The van der Waals surface area contributed by atoms with Crippen LogP contribution in [0.3, 0.4) is 0 Å². The van der Waals surface area contributed by atoms with Gasteiger partial charge in [-0.1, -0.05) is 19.9 Å². The van der Waals surface area contributed by atoms with E-state index in [1.54, 1.807) is 22.7 Å². The Hall–Kier alpha value is -1.40. The number of nitrogens with one attached hydrogen (secondary N) is 2. The second-order valence-electron chi connectivity index (χ2n) is 5.51. The highest BCUT2D eigenvalue weighted by molar-refractivity contribution is 7.11. The van der Waals surface area contributed by atoms with E-state index in [1.807, 2.05) is 7.05 Å². The molecule has 2 rings (SSSR count). The van der Waals surface area contributed by atoms with Crippen LogP contribution >= 0.6 is 22.7 Å². The molecule has 2 N–H and O–H groups in total. The minimum Gasteiger partial charge on any atom is -0.356 e. The lowest BCUT2D eigenvalue weighted by molar-refractivity contribution is 0.706. The first-order valence-electron chi connectivity index (χ1n) is 8.07. The molecule has 6 heteroatoms. The van der Waals surface area contributed by atoms with Gasteiger partial charge >= 0.3 is 0 Å². The van der Waals surface area contributed by atoms with Gasteiger partial charge in [0.2, 0.25) is 0 Å². The van der Waals surface area contributed by atoms with Crippen molar-refractivity contribution in [2.75, 3.05) is 20.1 Å². The molecule has 0 aliphatic carbocycles. The molecule has 0 aromatic carbocycles. The average molecular weight is 351 g/mol. The minimum atomic E-state index is 0.488. The Balaban J connectivity index is 1.74. The van der Waals surface area contributed by atoms with Crippen molar-refractivity contribution in [2.45, 2.75) is 39.5 Å². The van der Waals surface area contributed by atoms with E-state index in [9.17, 15) is 0 Å². The summed E-state index contributed by atoms with van der Waals surface area (Å²) in [6.45, 7) is 8.28. The summed E-state index contributed by atoms with van der Waals surface area (Å²) in [4.78, 5) is 11.7. The van der Waals surface area contributed by atoms with Gasteiger partial charge in [-0.15, -0.1) is 22.7 Å². The van der Waals surface area contributed by atoms with E-state index in [0.29, 0.717) is 5.92 Å². The Morgan fingerprint density at radius 3 is 2.83 bits per heavy atom. The molecule has 0 aliphatic heterocycles. The lowest BCUT2D eigenvalue weighted by atomic mass is 10.1. The largest absolute Gasteiger partial charge is 0.356 e. The second-order valence-corrected chi connectivity index (χ2v) is 7.78. The zero-order valence-corrected chi connectivity index (χ0v) is 16.0. The molecule has 0 saturated carbocycles. The normalized spacial score (nSPS) is 13.1. The van der Waals surface area contributed by atoms with Gasteiger partial charge in [0, 0.05) is 42.2 Å². The van der Waals surface area contributed by atoms with E-state index < -0.39 is 0 Å². The molecule has 0 fully saturated rings. The number of rotatable bonds is 7. The Labute approximate surface area is 147 Å². The number of aryl methyl sites for hydroxylation is 2. The summed E-state index contributed by atoms with van der Waals surface area (Å²) in [6, 6.07) is 4.29. The van der Waals surface area contributed by atoms with Gasteiger partial charge in [0.1, 0.15) is 0 Å². The van der Waals surface area contributed by atoms with E-state index >= 15 is 0 Å². The maximum atomic E-state index is 4.68. The molecule has 0 aliphatic rings. The van der Waals surface area contributed by atoms with Crippen molar-refractivity contribution in [3.8, 4) is 0 Å². The third-order valence-electron chi connectivity index (χ3n) is 3.73. The maximum Gasteiger partial charge on any atom is 0.191 e. The Morgan fingerprint density at radius 1 is 1.39 bits per heavy atom. The molecule has 0 amide bonds. The highest BCUT2D eigenvalue weighted by Crippen LogP contribution is 2.19. The van der Waals surface area contributed by atoms with Crippen molar-refractivity contribution in [1.29, 1.82) is 0 Å². The van der Waals surface area contributed by atoms with E-state index in [0.717, 1.165) is 31.9 Å². The number of aliphatic imine (C=N–C) groups is 1. The number of hydrogen-bond acceptors (Lipinski definition) is 4. The first-order valence-corrected chi connectivity index (χ1v) is 9.76. The van der Waals surface area contributed by atoms with Crippen LogP contribution < -0.4 is 10.6 Å². The second kappa shape index (κ2) is 9.03. The van der Waals surface area contributed by atoms with Crippen LogP contribution in [0, 0.1) is 6.92 Å². The first kappa shape index (κ1) is 17.9. The van der Waals surface area contributed by atoms with E-state index in [4.69, 9.17) is 0 Å². The summed E-state index contributed by atoms with van der Waals surface area (Å²) in [5.74, 6) is 1.35. The van der Waals surface area contributed by atoms with E-state index in [-0.39, 0.29) is 0 Å². The summed E-state index contributed by atoms with van der Waals surface area (Å²) in [5.41, 5.74) is 1.23.